The Morgan fingerprint density at radius 1 is 1.20 bits per heavy atom. The highest BCUT2D eigenvalue weighted by Crippen LogP contribution is 2.46. The fraction of sp³-hybridized carbons (Fsp3) is 0.412. The van der Waals surface area contributed by atoms with Gasteiger partial charge >= 0.3 is 0 Å². The fourth-order valence-corrected chi connectivity index (χ4v) is 3.94. The monoisotopic (exact) mass is 268 g/mol. The van der Waals surface area contributed by atoms with Gasteiger partial charge in [0.15, 0.2) is 0 Å². The Kier molecular flexibility index (Phi) is 2.90. The Balaban J connectivity index is 1.80. The maximum Gasteiger partial charge on any atom is 0.0856 e. The molecule has 3 aliphatic rings. The van der Waals surface area contributed by atoms with Crippen LogP contribution in [-0.2, 0) is 0 Å². The summed E-state index contributed by atoms with van der Waals surface area (Å²) >= 11 is 0. The van der Waals surface area contributed by atoms with Crippen molar-refractivity contribution in [2.24, 2.45) is 5.92 Å². The predicted octanol–water partition coefficient (Wildman–Crippen LogP) is 3.19. The second-order valence-corrected chi connectivity index (χ2v) is 5.92. The smallest absolute Gasteiger partial charge is 0.0856 e. The van der Waals surface area contributed by atoms with E-state index in [1.54, 1.807) is 0 Å². The first-order chi connectivity index (χ1) is 9.86. The van der Waals surface area contributed by atoms with Gasteiger partial charge in [0, 0.05) is 12.0 Å². The van der Waals surface area contributed by atoms with Crippen LogP contribution < -0.4 is 10.4 Å². The summed E-state index contributed by atoms with van der Waals surface area (Å²) in [6, 6.07) is 8.67. The van der Waals surface area contributed by atoms with Crippen molar-refractivity contribution in [3.05, 3.63) is 53.6 Å². The van der Waals surface area contributed by atoms with Crippen molar-refractivity contribution in [1.29, 1.82) is 0 Å². The summed E-state index contributed by atoms with van der Waals surface area (Å²) in [6.45, 7) is 1.03. The maximum atomic E-state index is 10.8. The molecule has 104 valence electrons. The molecule has 0 spiro atoms. The lowest BCUT2D eigenvalue weighted by atomic mass is 9.79. The van der Waals surface area contributed by atoms with E-state index in [0.717, 1.165) is 31.5 Å². The highest BCUT2D eigenvalue weighted by molar-refractivity contribution is 5.59. The molecule has 1 fully saturated rings. The van der Waals surface area contributed by atoms with Gasteiger partial charge in [0.05, 0.1) is 11.7 Å². The standard InChI is InChI=1S/C17H20N2O/c20-19-15-9-5-4-8-13(15)16-14(10-11-18-16)17(19)12-6-2-1-3-7-12/h2,4-9,14,16-18,20H,1,3,10-11H2/t14-,16-,17?/m1/s1. The molecule has 1 saturated heterocycles. The molecule has 4 rings (SSSR count). The van der Waals surface area contributed by atoms with E-state index in [2.05, 4.69) is 35.7 Å². The quantitative estimate of drug-likeness (QED) is 0.821. The molecular formula is C17H20N2O. The van der Waals surface area contributed by atoms with Crippen LogP contribution in [0.5, 0.6) is 0 Å². The molecule has 1 aromatic rings. The van der Waals surface area contributed by atoms with E-state index in [0.29, 0.717) is 12.0 Å². The SMILES string of the molecule is ON1c2ccccc2[C@H]2NCC[C@H]2C1C1=CCCC=C1. The zero-order chi connectivity index (χ0) is 13.5. The van der Waals surface area contributed by atoms with Crippen LogP contribution in [0.3, 0.4) is 0 Å². The Labute approximate surface area is 119 Å². The summed E-state index contributed by atoms with van der Waals surface area (Å²) < 4.78 is 0. The molecule has 2 aliphatic heterocycles. The van der Waals surface area contributed by atoms with Gasteiger partial charge < -0.3 is 5.32 Å². The maximum absolute atomic E-state index is 10.8. The van der Waals surface area contributed by atoms with Gasteiger partial charge in [-0.15, -0.1) is 0 Å². The third-order valence-corrected chi connectivity index (χ3v) is 4.82. The van der Waals surface area contributed by atoms with Gasteiger partial charge in [-0.1, -0.05) is 36.4 Å². The van der Waals surface area contributed by atoms with Crippen LogP contribution in [0, 0.1) is 5.92 Å². The number of nitrogens with one attached hydrogen (secondary N) is 1. The number of fused-ring (bicyclic) bond motifs is 3. The van der Waals surface area contributed by atoms with E-state index in [1.165, 1.54) is 16.2 Å². The lowest BCUT2D eigenvalue weighted by Crippen LogP contribution is -2.46. The summed E-state index contributed by atoms with van der Waals surface area (Å²) in [5, 5.41) is 15.9. The molecule has 2 N–H and O–H groups in total. The first kappa shape index (κ1) is 12.2. The molecular weight excluding hydrogens is 248 g/mol. The van der Waals surface area contributed by atoms with E-state index >= 15 is 0 Å². The number of allylic oxidation sites excluding steroid dienone is 2. The fourth-order valence-electron chi connectivity index (χ4n) is 3.94. The zero-order valence-electron chi connectivity index (χ0n) is 11.5. The van der Waals surface area contributed by atoms with E-state index in [-0.39, 0.29) is 6.04 Å². The minimum atomic E-state index is 0.0847. The van der Waals surface area contributed by atoms with E-state index in [9.17, 15) is 5.21 Å². The molecule has 3 atom stereocenters. The number of benzene rings is 1. The van der Waals surface area contributed by atoms with Crippen LogP contribution in [0.1, 0.15) is 30.9 Å². The van der Waals surface area contributed by atoms with E-state index in [4.69, 9.17) is 0 Å². The van der Waals surface area contributed by atoms with Gasteiger partial charge in [-0.05, 0) is 43.0 Å². The van der Waals surface area contributed by atoms with Crippen molar-refractivity contribution < 1.29 is 5.21 Å². The number of rotatable bonds is 1. The average Bonchev–Trinajstić information content (AvgIpc) is 2.98. The molecule has 0 saturated carbocycles. The topological polar surface area (TPSA) is 35.5 Å². The van der Waals surface area contributed by atoms with Crippen LogP contribution in [-0.4, -0.2) is 17.8 Å². The molecule has 1 unspecified atom stereocenters. The van der Waals surface area contributed by atoms with Crippen LogP contribution >= 0.6 is 0 Å². The average molecular weight is 268 g/mol. The van der Waals surface area contributed by atoms with Crippen molar-refractivity contribution in [2.45, 2.75) is 31.3 Å². The van der Waals surface area contributed by atoms with Crippen molar-refractivity contribution >= 4 is 5.69 Å². The number of hydroxylamine groups is 1. The largest absolute Gasteiger partial charge is 0.310 e. The summed E-state index contributed by atoms with van der Waals surface area (Å²) in [4.78, 5) is 0. The Morgan fingerprint density at radius 3 is 2.95 bits per heavy atom. The molecule has 1 aromatic carbocycles. The zero-order valence-corrected chi connectivity index (χ0v) is 11.5. The highest BCUT2D eigenvalue weighted by Gasteiger charge is 2.44. The number of hydrogen-bond donors (Lipinski definition) is 2. The molecule has 1 aliphatic carbocycles. The summed E-state index contributed by atoms with van der Waals surface area (Å²) in [6.07, 6.45) is 10.0. The first-order valence-electron chi connectivity index (χ1n) is 7.53. The van der Waals surface area contributed by atoms with Gasteiger partial charge in [0.2, 0.25) is 0 Å². The van der Waals surface area contributed by atoms with Gasteiger partial charge in [-0.25, -0.2) is 5.06 Å². The van der Waals surface area contributed by atoms with Crippen LogP contribution in [0.25, 0.3) is 0 Å². The highest BCUT2D eigenvalue weighted by atomic mass is 16.5. The summed E-state index contributed by atoms with van der Waals surface area (Å²) in [5.74, 6) is 0.448. The van der Waals surface area contributed by atoms with Gasteiger partial charge in [-0.2, -0.15) is 0 Å². The minimum absolute atomic E-state index is 0.0847. The van der Waals surface area contributed by atoms with Gasteiger partial charge in [-0.3, -0.25) is 5.21 Å². The molecule has 0 amide bonds. The van der Waals surface area contributed by atoms with Crippen LogP contribution in [0.15, 0.2) is 48.1 Å². The van der Waals surface area contributed by atoms with E-state index < -0.39 is 0 Å². The van der Waals surface area contributed by atoms with Crippen LogP contribution in [0.2, 0.25) is 0 Å². The number of hydrogen-bond acceptors (Lipinski definition) is 3. The van der Waals surface area contributed by atoms with Gasteiger partial charge in [0.1, 0.15) is 0 Å². The third kappa shape index (κ3) is 1.74. The second kappa shape index (κ2) is 4.76. The predicted molar refractivity (Wildman–Crippen MR) is 79.8 cm³/mol. The lowest BCUT2D eigenvalue weighted by molar-refractivity contribution is 0.178. The normalized spacial score (nSPS) is 31.8. The van der Waals surface area contributed by atoms with Gasteiger partial charge in [0.25, 0.3) is 0 Å². The Morgan fingerprint density at radius 2 is 2.10 bits per heavy atom. The van der Waals surface area contributed by atoms with Crippen molar-refractivity contribution in [3.63, 3.8) is 0 Å². The lowest BCUT2D eigenvalue weighted by Gasteiger charge is -2.42. The van der Waals surface area contributed by atoms with Crippen LogP contribution in [0.4, 0.5) is 5.69 Å². The molecule has 3 heteroatoms. The number of para-hydroxylation sites is 1. The molecule has 0 radical (unpaired) electrons. The molecule has 3 nitrogen and oxygen atoms in total. The van der Waals surface area contributed by atoms with Crippen molar-refractivity contribution in [1.82, 2.24) is 5.32 Å². The number of nitrogens with zero attached hydrogens (tertiary/aromatic N) is 1. The molecule has 2 heterocycles. The first-order valence-corrected chi connectivity index (χ1v) is 7.53. The Bertz CT molecular complexity index is 578. The minimum Gasteiger partial charge on any atom is -0.310 e. The molecule has 0 bridgehead atoms. The summed E-state index contributed by atoms with van der Waals surface area (Å²) in [7, 11) is 0. The molecule has 20 heavy (non-hydrogen) atoms. The van der Waals surface area contributed by atoms with Crippen molar-refractivity contribution in [3.8, 4) is 0 Å². The Hall–Kier alpha value is -1.58. The second-order valence-electron chi connectivity index (χ2n) is 5.92. The summed E-state index contributed by atoms with van der Waals surface area (Å²) in [5.41, 5.74) is 3.45. The van der Waals surface area contributed by atoms with Crippen molar-refractivity contribution in [2.75, 3.05) is 11.6 Å². The number of anilines is 1. The van der Waals surface area contributed by atoms with E-state index in [1.807, 2.05) is 12.1 Å². The third-order valence-electron chi connectivity index (χ3n) is 4.82. The molecule has 0 aromatic heterocycles.